The van der Waals surface area contributed by atoms with Crippen LogP contribution in [0.4, 0.5) is 48.3 Å². The number of benzene rings is 8. The minimum atomic E-state index is -4.57. The molecule has 0 aliphatic heterocycles. The van der Waals surface area contributed by atoms with Gasteiger partial charge in [0.15, 0.2) is 0 Å². The summed E-state index contributed by atoms with van der Waals surface area (Å²) in [5, 5.41) is 6.25. The summed E-state index contributed by atoms with van der Waals surface area (Å²) in [5.74, 6) is -7.70. The maximum absolute atomic E-state index is 14.9. The van der Waals surface area contributed by atoms with E-state index in [1.54, 1.807) is 12.1 Å². The van der Waals surface area contributed by atoms with Crippen LogP contribution in [0.25, 0.3) is 79.3 Å². The Labute approximate surface area is 473 Å². The Bertz CT molecular complexity index is 3700. The third-order valence-corrected chi connectivity index (χ3v) is 12.0. The molecule has 0 unspecified atom stereocenters. The normalized spacial score (nSPS) is 11.0. The summed E-state index contributed by atoms with van der Waals surface area (Å²) in [6, 6.07) is 56.4. The molecule has 411 valence electrons. The molecule has 0 N–H and O–H groups in total. The second-order valence-electron chi connectivity index (χ2n) is 17.3. The van der Waals surface area contributed by atoms with Crippen molar-refractivity contribution in [2.45, 2.75) is 6.18 Å². The van der Waals surface area contributed by atoms with Gasteiger partial charge in [-0.05, 0) is 75.9 Å². The number of pyridine rings is 1. The molecule has 12 aromatic rings. The number of alkyl halides is 3. The van der Waals surface area contributed by atoms with Crippen molar-refractivity contribution in [3.05, 3.63) is 284 Å². The summed E-state index contributed by atoms with van der Waals surface area (Å²) in [6.45, 7) is 0. The molecule has 0 fully saturated rings. The Balaban J connectivity index is 0.000000157. The molecule has 0 aliphatic rings. The Hall–Kier alpha value is -9.65. The molecular formula is C62H34F11IrN8-3. The summed E-state index contributed by atoms with van der Waals surface area (Å²) in [6.07, 6.45) is 2.83. The van der Waals surface area contributed by atoms with E-state index in [4.69, 9.17) is 0 Å². The standard InChI is InChI=1S/2C27H15F4N2.C8H4F3N4.Ir/c2*28-20-11-13-24(22(30)15-20)32-17-33(25-14-12-21(29)16-23(25)31)27(19-9-5-2-6-10-19)26(32)18-7-3-1-4-8-18;9-8(10,11)7-13-6(14-15-7)5-3-1-2-4-12-5;/h2*1-13,15-16H;1-4H;/q3*-1;. The fourth-order valence-electron chi connectivity index (χ4n) is 8.45. The molecule has 0 amide bonds. The zero-order chi connectivity index (χ0) is 56.8. The molecular weight excluding hydrogens is 1260 g/mol. The molecule has 8 nitrogen and oxygen atoms in total. The number of nitrogens with zero attached hydrogens (tertiary/aromatic N) is 8. The van der Waals surface area contributed by atoms with Gasteiger partial charge in [0.05, 0.1) is 28.5 Å². The first-order valence-corrected chi connectivity index (χ1v) is 24.1. The Kier molecular flexibility index (Phi) is 17.2. The smallest absolute Gasteiger partial charge is 0.413 e. The largest absolute Gasteiger partial charge is 0.429 e. The van der Waals surface area contributed by atoms with Gasteiger partial charge in [-0.3, -0.25) is 36.8 Å². The van der Waals surface area contributed by atoms with Crippen LogP contribution in [0.15, 0.2) is 206 Å². The fourth-order valence-corrected chi connectivity index (χ4v) is 8.45. The summed E-state index contributed by atoms with van der Waals surface area (Å²) < 4.78 is 156. The molecule has 0 saturated carbocycles. The quantitative estimate of drug-likeness (QED) is 0.0820. The van der Waals surface area contributed by atoms with Crippen molar-refractivity contribution >= 4 is 0 Å². The van der Waals surface area contributed by atoms with Gasteiger partial charge in [0.2, 0.25) is 0 Å². The van der Waals surface area contributed by atoms with Crippen LogP contribution in [0.5, 0.6) is 0 Å². The predicted octanol–water partition coefficient (Wildman–Crippen LogP) is 14.0. The van der Waals surface area contributed by atoms with Crippen LogP contribution in [0, 0.1) is 71.3 Å². The summed E-state index contributed by atoms with van der Waals surface area (Å²) in [5.41, 5.74) is 4.82. The van der Waals surface area contributed by atoms with Gasteiger partial charge >= 0.3 is 6.18 Å². The zero-order valence-electron chi connectivity index (χ0n) is 41.7. The molecule has 82 heavy (non-hydrogen) atoms. The average Bonchev–Trinajstić information content (AvgIpc) is 2.94. The van der Waals surface area contributed by atoms with Crippen LogP contribution >= 0.6 is 0 Å². The maximum atomic E-state index is 14.9. The van der Waals surface area contributed by atoms with Crippen molar-refractivity contribution in [3.63, 3.8) is 0 Å². The molecule has 4 heterocycles. The molecule has 12 rings (SSSR count). The third kappa shape index (κ3) is 12.4. The van der Waals surface area contributed by atoms with Crippen LogP contribution in [0.3, 0.4) is 0 Å². The van der Waals surface area contributed by atoms with Gasteiger partial charge in [-0.15, -0.1) is 24.3 Å². The summed E-state index contributed by atoms with van der Waals surface area (Å²) >= 11 is 0. The number of hydrogen-bond acceptors (Lipinski definition) is 3. The van der Waals surface area contributed by atoms with E-state index < -0.39 is 58.5 Å². The number of aromatic nitrogens is 8. The molecule has 0 bridgehead atoms. The van der Waals surface area contributed by atoms with Crippen LogP contribution < -0.4 is 14.2 Å². The van der Waals surface area contributed by atoms with Gasteiger partial charge in [-0.25, -0.2) is 17.6 Å². The molecule has 0 spiro atoms. The van der Waals surface area contributed by atoms with E-state index in [1.165, 1.54) is 42.7 Å². The van der Waals surface area contributed by atoms with E-state index in [2.05, 4.69) is 45.0 Å². The minimum absolute atomic E-state index is 0. The summed E-state index contributed by atoms with van der Waals surface area (Å²) in [4.78, 5) is 7.05. The first-order valence-electron chi connectivity index (χ1n) is 24.1. The zero-order valence-corrected chi connectivity index (χ0v) is 44.1. The van der Waals surface area contributed by atoms with Crippen molar-refractivity contribution in [2.75, 3.05) is 0 Å². The van der Waals surface area contributed by atoms with Gasteiger partial charge in [0.1, 0.15) is 40.5 Å². The van der Waals surface area contributed by atoms with Crippen molar-refractivity contribution < 1.29 is 77.5 Å². The number of imidazole rings is 2. The molecule has 20 heteroatoms. The molecule has 1 radical (unpaired) electrons. The fraction of sp³-hybridized carbons (Fsp3) is 0.0161. The number of hydrogen-bond donors (Lipinski definition) is 0. The van der Waals surface area contributed by atoms with Crippen LogP contribution in [0.1, 0.15) is 5.82 Å². The minimum Gasteiger partial charge on any atom is -0.413 e. The van der Waals surface area contributed by atoms with E-state index in [-0.39, 0.29) is 54.4 Å². The van der Waals surface area contributed by atoms with Crippen LogP contribution in [-0.2, 0) is 26.3 Å². The Morgan fingerprint density at radius 1 is 0.439 bits per heavy atom. The van der Waals surface area contributed by atoms with Crippen LogP contribution in [-0.4, -0.2) is 24.2 Å². The third-order valence-electron chi connectivity index (χ3n) is 12.0. The monoisotopic (exact) mass is 1290 g/mol. The Morgan fingerprint density at radius 2 is 0.829 bits per heavy atom. The first kappa shape index (κ1) is 57.0. The summed E-state index contributed by atoms with van der Waals surface area (Å²) in [7, 11) is 0. The van der Waals surface area contributed by atoms with Crippen molar-refractivity contribution in [3.8, 4) is 79.3 Å². The predicted molar refractivity (Wildman–Crippen MR) is 275 cm³/mol. The second kappa shape index (κ2) is 24.8. The van der Waals surface area contributed by atoms with Gasteiger partial charge < -0.3 is 19.2 Å². The molecule has 0 atom stereocenters. The SMILES string of the molecule is FC(F)(F)c1n[n-]c(-c2ccccn2)n1.Fc1c[c-]c(-n2[c-][n+](-c3ccc(F)cc3F)c(-c3ccccc3)c2-c2ccccc2)c(F)c1.Fc1c[c-]c(-n2[c-][n+](-c3ccc(F)cc3F)c(-c3ccccc3)c2-c2ccccc2)c(F)c1.[Ir]. The van der Waals surface area contributed by atoms with E-state index in [1.807, 2.05) is 121 Å². The molecule has 4 aromatic heterocycles. The molecule has 0 saturated heterocycles. The second-order valence-corrected chi connectivity index (χ2v) is 17.3. The topological polar surface area (TPSA) is 70.4 Å². The molecule has 8 aromatic carbocycles. The number of halogens is 11. The van der Waals surface area contributed by atoms with Crippen LogP contribution in [0.2, 0.25) is 0 Å². The van der Waals surface area contributed by atoms with Crippen molar-refractivity contribution in [1.82, 2.24) is 29.3 Å². The van der Waals surface area contributed by atoms with E-state index >= 15 is 0 Å². The van der Waals surface area contributed by atoms with Gasteiger partial charge in [-0.1, -0.05) is 127 Å². The van der Waals surface area contributed by atoms with E-state index in [0.717, 1.165) is 48.5 Å². The van der Waals surface area contributed by atoms with E-state index in [0.29, 0.717) is 45.0 Å². The van der Waals surface area contributed by atoms with Gasteiger partial charge in [0.25, 0.3) is 12.7 Å². The van der Waals surface area contributed by atoms with E-state index in [9.17, 15) is 48.3 Å². The average molecular weight is 1290 g/mol. The van der Waals surface area contributed by atoms with Gasteiger partial charge in [0, 0.05) is 61.7 Å². The number of rotatable bonds is 9. The van der Waals surface area contributed by atoms with Gasteiger partial charge in [-0.2, -0.15) is 25.3 Å². The Morgan fingerprint density at radius 3 is 1.18 bits per heavy atom. The van der Waals surface area contributed by atoms with Crippen molar-refractivity contribution in [2.24, 2.45) is 0 Å². The molecule has 0 aliphatic carbocycles. The van der Waals surface area contributed by atoms with Crippen molar-refractivity contribution in [1.29, 1.82) is 0 Å². The first-order chi connectivity index (χ1) is 39.1. The maximum Gasteiger partial charge on any atom is 0.429 e.